The SMILES string of the molecule is CCO[C@@H]1C[C@H](O)C12CCN(C(=O)N[C@H]1CC[C@@H](N(C)C)C1)CC2. The molecule has 0 radical (unpaired) electrons. The molecule has 0 aromatic carbocycles. The first-order valence-electron chi connectivity index (χ1n) is 9.48. The molecule has 3 aliphatic rings. The van der Waals surface area contributed by atoms with E-state index in [1.165, 1.54) is 0 Å². The number of piperidine rings is 1. The molecule has 6 heteroatoms. The third-order valence-electron chi connectivity index (χ3n) is 6.55. The van der Waals surface area contributed by atoms with Gasteiger partial charge in [0.2, 0.25) is 0 Å². The number of aliphatic hydroxyl groups is 1. The predicted molar refractivity (Wildman–Crippen MR) is 92.9 cm³/mol. The van der Waals surface area contributed by atoms with Crippen molar-refractivity contribution in [2.24, 2.45) is 5.41 Å². The summed E-state index contributed by atoms with van der Waals surface area (Å²) in [5.74, 6) is 0. The molecule has 1 aliphatic heterocycles. The van der Waals surface area contributed by atoms with Gasteiger partial charge in [-0.3, -0.25) is 0 Å². The molecule has 0 unspecified atom stereocenters. The van der Waals surface area contributed by atoms with Crippen LogP contribution in [0.1, 0.15) is 45.4 Å². The fraction of sp³-hybridized carbons (Fsp3) is 0.944. The summed E-state index contributed by atoms with van der Waals surface area (Å²) in [7, 11) is 4.22. The maximum atomic E-state index is 12.5. The van der Waals surface area contributed by atoms with Crippen LogP contribution in [0.15, 0.2) is 0 Å². The van der Waals surface area contributed by atoms with E-state index < -0.39 is 0 Å². The molecular weight excluding hydrogens is 306 g/mol. The van der Waals surface area contributed by atoms with Gasteiger partial charge < -0.3 is 25.0 Å². The van der Waals surface area contributed by atoms with E-state index in [1.54, 1.807) is 0 Å². The number of amides is 2. The third-order valence-corrected chi connectivity index (χ3v) is 6.55. The lowest BCUT2D eigenvalue weighted by atomic mass is 9.58. The molecule has 24 heavy (non-hydrogen) atoms. The molecule has 1 saturated heterocycles. The standard InChI is InChI=1S/C18H33N3O3/c1-4-24-16-12-15(22)18(16)7-9-21(10-8-18)17(23)19-13-5-6-14(11-13)20(2)3/h13-16,22H,4-12H2,1-3H3,(H,19,23)/t13-,14+,15-,16+/m0/s1. The Balaban J connectivity index is 1.47. The Morgan fingerprint density at radius 3 is 2.54 bits per heavy atom. The molecule has 0 aromatic heterocycles. The Bertz CT molecular complexity index is 447. The number of urea groups is 1. The number of ether oxygens (including phenoxy) is 1. The minimum Gasteiger partial charge on any atom is -0.392 e. The van der Waals surface area contributed by atoms with Crippen LogP contribution in [-0.2, 0) is 4.74 Å². The Hall–Kier alpha value is -0.850. The highest BCUT2D eigenvalue weighted by Gasteiger charge is 2.56. The Labute approximate surface area is 145 Å². The number of nitrogens with zero attached hydrogens (tertiary/aromatic N) is 2. The van der Waals surface area contributed by atoms with Gasteiger partial charge in [0.05, 0.1) is 12.2 Å². The quantitative estimate of drug-likeness (QED) is 0.813. The number of likely N-dealkylation sites (tertiary alicyclic amines) is 1. The van der Waals surface area contributed by atoms with Crippen molar-refractivity contribution in [3.8, 4) is 0 Å². The molecule has 3 rings (SSSR count). The summed E-state index contributed by atoms with van der Waals surface area (Å²) in [6, 6.07) is 0.944. The maximum absolute atomic E-state index is 12.5. The minimum atomic E-state index is -0.269. The van der Waals surface area contributed by atoms with Crippen LogP contribution in [0.5, 0.6) is 0 Å². The molecular formula is C18H33N3O3. The summed E-state index contributed by atoms with van der Waals surface area (Å²) in [5.41, 5.74) is -0.115. The number of carbonyl (C=O) groups is 1. The first kappa shape index (κ1) is 18.0. The molecule has 2 N–H and O–H groups in total. The zero-order valence-electron chi connectivity index (χ0n) is 15.3. The molecule has 1 heterocycles. The van der Waals surface area contributed by atoms with Crippen molar-refractivity contribution in [3.05, 3.63) is 0 Å². The maximum Gasteiger partial charge on any atom is 0.317 e. The van der Waals surface area contributed by atoms with E-state index in [9.17, 15) is 9.90 Å². The van der Waals surface area contributed by atoms with Crippen molar-refractivity contribution in [3.63, 3.8) is 0 Å². The molecule has 1 spiro atoms. The smallest absolute Gasteiger partial charge is 0.317 e. The average molecular weight is 339 g/mol. The lowest BCUT2D eigenvalue weighted by molar-refractivity contribution is -0.207. The lowest BCUT2D eigenvalue weighted by Gasteiger charge is -2.56. The number of aliphatic hydroxyl groups excluding tert-OH is 1. The van der Waals surface area contributed by atoms with Gasteiger partial charge in [-0.25, -0.2) is 4.79 Å². The molecule has 2 saturated carbocycles. The van der Waals surface area contributed by atoms with E-state index in [0.29, 0.717) is 18.7 Å². The van der Waals surface area contributed by atoms with Crippen LogP contribution in [0.3, 0.4) is 0 Å². The normalized spacial score (nSPS) is 35.3. The van der Waals surface area contributed by atoms with Crippen LogP contribution in [0, 0.1) is 5.41 Å². The third kappa shape index (κ3) is 3.28. The second-order valence-corrected chi connectivity index (χ2v) is 7.99. The van der Waals surface area contributed by atoms with Gasteiger partial charge in [0, 0.05) is 43.6 Å². The van der Waals surface area contributed by atoms with Crippen LogP contribution < -0.4 is 5.32 Å². The summed E-state index contributed by atoms with van der Waals surface area (Å²) in [5, 5.41) is 13.5. The molecule has 2 amide bonds. The van der Waals surface area contributed by atoms with Crippen molar-refractivity contribution >= 4 is 6.03 Å². The summed E-state index contributed by atoms with van der Waals surface area (Å²) >= 11 is 0. The summed E-state index contributed by atoms with van der Waals surface area (Å²) in [4.78, 5) is 16.7. The number of rotatable bonds is 4. The Morgan fingerprint density at radius 1 is 1.29 bits per heavy atom. The zero-order valence-corrected chi connectivity index (χ0v) is 15.3. The van der Waals surface area contributed by atoms with Gasteiger partial charge in [0.15, 0.2) is 0 Å². The van der Waals surface area contributed by atoms with Crippen LogP contribution >= 0.6 is 0 Å². The van der Waals surface area contributed by atoms with Crippen molar-refractivity contribution in [2.75, 3.05) is 33.8 Å². The van der Waals surface area contributed by atoms with E-state index in [1.807, 2.05) is 11.8 Å². The van der Waals surface area contributed by atoms with E-state index in [4.69, 9.17) is 4.74 Å². The Kier molecular flexibility index (Phi) is 5.37. The summed E-state index contributed by atoms with van der Waals surface area (Å²) in [6.45, 7) is 4.13. The summed E-state index contributed by atoms with van der Waals surface area (Å²) in [6.07, 6.45) is 5.60. The van der Waals surface area contributed by atoms with E-state index in [2.05, 4.69) is 24.3 Å². The van der Waals surface area contributed by atoms with Crippen molar-refractivity contribution in [1.29, 1.82) is 0 Å². The first-order chi connectivity index (χ1) is 11.5. The topological polar surface area (TPSA) is 65.0 Å². The number of hydrogen-bond acceptors (Lipinski definition) is 4. The van der Waals surface area contributed by atoms with Crippen molar-refractivity contribution in [2.45, 2.75) is 69.7 Å². The number of hydrogen-bond donors (Lipinski definition) is 2. The molecule has 0 bridgehead atoms. The van der Waals surface area contributed by atoms with Gasteiger partial charge in [-0.1, -0.05) is 0 Å². The van der Waals surface area contributed by atoms with E-state index in [0.717, 1.165) is 51.6 Å². The largest absolute Gasteiger partial charge is 0.392 e. The van der Waals surface area contributed by atoms with Crippen LogP contribution in [0.2, 0.25) is 0 Å². The number of carbonyl (C=O) groups excluding carboxylic acids is 1. The molecule has 2 aliphatic carbocycles. The fourth-order valence-electron chi connectivity index (χ4n) is 4.77. The van der Waals surface area contributed by atoms with Crippen LogP contribution in [0.25, 0.3) is 0 Å². The molecule has 0 aromatic rings. The predicted octanol–water partition coefficient (Wildman–Crippen LogP) is 1.43. The second-order valence-electron chi connectivity index (χ2n) is 7.99. The highest BCUT2D eigenvalue weighted by Crippen LogP contribution is 2.50. The fourth-order valence-corrected chi connectivity index (χ4v) is 4.77. The average Bonchev–Trinajstić information content (AvgIpc) is 3.03. The van der Waals surface area contributed by atoms with Gasteiger partial charge in [0.1, 0.15) is 0 Å². The van der Waals surface area contributed by atoms with Crippen LogP contribution in [0.4, 0.5) is 4.79 Å². The highest BCUT2D eigenvalue weighted by atomic mass is 16.5. The summed E-state index contributed by atoms with van der Waals surface area (Å²) < 4.78 is 5.80. The van der Waals surface area contributed by atoms with Crippen molar-refractivity contribution in [1.82, 2.24) is 15.1 Å². The van der Waals surface area contributed by atoms with Gasteiger partial charge in [-0.2, -0.15) is 0 Å². The number of nitrogens with one attached hydrogen (secondary N) is 1. The van der Waals surface area contributed by atoms with Crippen molar-refractivity contribution < 1.29 is 14.6 Å². The molecule has 3 fully saturated rings. The monoisotopic (exact) mass is 339 g/mol. The van der Waals surface area contributed by atoms with Gasteiger partial charge in [-0.05, 0) is 53.1 Å². The van der Waals surface area contributed by atoms with Gasteiger partial charge in [0.25, 0.3) is 0 Å². The second kappa shape index (κ2) is 7.18. The van der Waals surface area contributed by atoms with Gasteiger partial charge >= 0.3 is 6.03 Å². The molecule has 138 valence electrons. The van der Waals surface area contributed by atoms with E-state index >= 15 is 0 Å². The lowest BCUT2D eigenvalue weighted by Crippen LogP contribution is -2.63. The van der Waals surface area contributed by atoms with Crippen LogP contribution in [-0.4, -0.2) is 79.0 Å². The van der Waals surface area contributed by atoms with E-state index in [-0.39, 0.29) is 23.7 Å². The molecule has 6 nitrogen and oxygen atoms in total. The molecule has 4 atom stereocenters. The zero-order chi connectivity index (χ0) is 17.3. The Morgan fingerprint density at radius 2 is 2.00 bits per heavy atom. The highest BCUT2D eigenvalue weighted by molar-refractivity contribution is 5.74. The first-order valence-corrected chi connectivity index (χ1v) is 9.48. The minimum absolute atomic E-state index is 0.0658. The van der Waals surface area contributed by atoms with Gasteiger partial charge in [-0.15, -0.1) is 0 Å².